The topological polar surface area (TPSA) is 122 Å². The number of carbonyl (C=O) groups is 2. The number of aryl methyl sites for hydroxylation is 4. The fraction of sp³-hybridized carbons (Fsp3) is 0.355. The molecule has 0 saturated carbocycles. The van der Waals surface area contributed by atoms with Gasteiger partial charge >= 0.3 is 11.9 Å². The van der Waals surface area contributed by atoms with Gasteiger partial charge in [0.2, 0.25) is 0 Å². The molecule has 2 atom stereocenters. The van der Waals surface area contributed by atoms with Crippen LogP contribution in [0.15, 0.2) is 54.6 Å². The third-order valence-corrected chi connectivity index (χ3v) is 7.09. The fourth-order valence-corrected chi connectivity index (χ4v) is 4.66. The van der Waals surface area contributed by atoms with Crippen LogP contribution in [0.3, 0.4) is 0 Å². The van der Waals surface area contributed by atoms with Crippen molar-refractivity contribution in [3.05, 3.63) is 93.5 Å². The van der Waals surface area contributed by atoms with Gasteiger partial charge in [0.05, 0.1) is 17.4 Å². The lowest BCUT2D eigenvalue weighted by molar-refractivity contribution is 0.0680. The minimum Gasteiger partial charge on any atom is -0.419 e. The predicted octanol–water partition coefficient (Wildman–Crippen LogP) is 5.75. The van der Waals surface area contributed by atoms with E-state index in [4.69, 9.17) is 19.4 Å². The Hall–Kier alpha value is -3.53. The molecule has 0 radical (unpaired) electrons. The Morgan fingerprint density at radius 3 is 1.68 bits per heavy atom. The predicted molar refractivity (Wildman–Crippen MR) is 154 cm³/mol. The standard InChI is InChI=1S/C31H37NO7S/c1-18-9-11-20(3)23(15-18)29(33)37-25-14-13-22(27(39-40(8,35)36)28(32)31(5,6)7)17-26(25)38-30(34)24-16-19(2)10-12-21(24)4/h9-17,27-28H,32H2,1-8H3. The van der Waals surface area contributed by atoms with Crippen molar-refractivity contribution in [3.63, 3.8) is 0 Å². The van der Waals surface area contributed by atoms with Gasteiger partial charge in [0.1, 0.15) is 6.10 Å². The van der Waals surface area contributed by atoms with E-state index in [2.05, 4.69) is 0 Å². The van der Waals surface area contributed by atoms with Crippen molar-refractivity contribution < 1.29 is 31.7 Å². The number of nitrogens with two attached hydrogens (primary N) is 1. The smallest absolute Gasteiger partial charge is 0.343 e. The first-order chi connectivity index (χ1) is 18.5. The van der Waals surface area contributed by atoms with E-state index in [1.807, 2.05) is 58.9 Å². The molecule has 0 spiro atoms. The highest BCUT2D eigenvalue weighted by Gasteiger charge is 2.34. The summed E-state index contributed by atoms with van der Waals surface area (Å²) >= 11 is 0. The number of rotatable bonds is 8. The van der Waals surface area contributed by atoms with Crippen LogP contribution in [-0.2, 0) is 14.3 Å². The van der Waals surface area contributed by atoms with E-state index in [1.54, 1.807) is 32.0 Å². The summed E-state index contributed by atoms with van der Waals surface area (Å²) in [6.45, 7) is 12.9. The lowest BCUT2D eigenvalue weighted by atomic mass is 9.82. The number of carbonyl (C=O) groups excluding carboxylic acids is 2. The largest absolute Gasteiger partial charge is 0.419 e. The van der Waals surface area contributed by atoms with E-state index in [1.165, 1.54) is 12.1 Å². The number of hydrogen-bond acceptors (Lipinski definition) is 8. The molecule has 214 valence electrons. The SMILES string of the molecule is Cc1ccc(C)c(C(=O)Oc2ccc(C(OS(C)(=O)=O)C(N)C(C)(C)C)cc2OC(=O)c2cc(C)ccc2C)c1. The van der Waals surface area contributed by atoms with Crippen molar-refractivity contribution in [2.45, 2.75) is 60.6 Å². The molecule has 0 saturated heterocycles. The van der Waals surface area contributed by atoms with Gasteiger partial charge in [0.15, 0.2) is 11.5 Å². The van der Waals surface area contributed by atoms with E-state index in [0.29, 0.717) is 22.3 Å². The van der Waals surface area contributed by atoms with Gasteiger partial charge in [-0.3, -0.25) is 4.18 Å². The van der Waals surface area contributed by atoms with Gasteiger partial charge in [-0.2, -0.15) is 8.42 Å². The Bertz CT molecular complexity index is 1540. The molecule has 2 unspecified atom stereocenters. The molecule has 3 aromatic rings. The van der Waals surface area contributed by atoms with E-state index >= 15 is 0 Å². The van der Waals surface area contributed by atoms with Gasteiger partial charge in [-0.1, -0.05) is 62.2 Å². The number of benzene rings is 3. The molecular formula is C31H37NO7S. The van der Waals surface area contributed by atoms with Crippen molar-refractivity contribution in [1.82, 2.24) is 0 Å². The Morgan fingerprint density at radius 1 is 0.750 bits per heavy atom. The summed E-state index contributed by atoms with van der Waals surface area (Å²) in [5.74, 6) is -1.39. The number of hydrogen-bond donors (Lipinski definition) is 1. The van der Waals surface area contributed by atoms with Crippen LogP contribution in [0.5, 0.6) is 11.5 Å². The molecule has 40 heavy (non-hydrogen) atoms. The molecule has 0 aromatic heterocycles. The second-order valence-corrected chi connectivity index (χ2v) is 12.8. The highest BCUT2D eigenvalue weighted by molar-refractivity contribution is 7.86. The van der Waals surface area contributed by atoms with Crippen LogP contribution in [0, 0.1) is 33.1 Å². The monoisotopic (exact) mass is 567 g/mol. The summed E-state index contributed by atoms with van der Waals surface area (Å²) < 4.78 is 41.2. The van der Waals surface area contributed by atoms with E-state index in [-0.39, 0.29) is 11.5 Å². The molecule has 0 aliphatic rings. The zero-order valence-corrected chi connectivity index (χ0v) is 25.0. The van der Waals surface area contributed by atoms with Crippen LogP contribution in [0.4, 0.5) is 0 Å². The maximum Gasteiger partial charge on any atom is 0.343 e. The van der Waals surface area contributed by atoms with Crippen molar-refractivity contribution >= 4 is 22.1 Å². The van der Waals surface area contributed by atoms with Gasteiger partial charge in [-0.05, 0) is 74.1 Å². The molecule has 0 bridgehead atoms. The second kappa shape index (κ2) is 11.9. The second-order valence-electron chi connectivity index (χ2n) is 11.2. The van der Waals surface area contributed by atoms with Gasteiger partial charge in [-0.25, -0.2) is 9.59 Å². The van der Waals surface area contributed by atoms with Gasteiger partial charge < -0.3 is 15.2 Å². The Kier molecular flexibility index (Phi) is 9.24. The van der Waals surface area contributed by atoms with Crippen molar-refractivity contribution in [1.29, 1.82) is 0 Å². The van der Waals surface area contributed by atoms with E-state index in [0.717, 1.165) is 22.9 Å². The van der Waals surface area contributed by atoms with Crippen LogP contribution in [0.2, 0.25) is 0 Å². The summed E-state index contributed by atoms with van der Waals surface area (Å²) in [6.07, 6.45) is -0.158. The van der Waals surface area contributed by atoms with Gasteiger partial charge in [0.25, 0.3) is 10.1 Å². The molecule has 0 aliphatic heterocycles. The zero-order chi connectivity index (χ0) is 30.0. The third kappa shape index (κ3) is 7.78. The number of esters is 2. The van der Waals surface area contributed by atoms with Crippen LogP contribution in [0.25, 0.3) is 0 Å². The van der Waals surface area contributed by atoms with Crippen LogP contribution in [-0.4, -0.2) is 32.7 Å². The molecule has 2 N–H and O–H groups in total. The first kappa shape index (κ1) is 31.0. The summed E-state index contributed by atoms with van der Waals surface area (Å²) in [5, 5.41) is 0. The molecule has 3 rings (SSSR count). The van der Waals surface area contributed by atoms with Gasteiger partial charge in [0, 0.05) is 6.04 Å². The Balaban J connectivity index is 2.12. The molecule has 0 heterocycles. The summed E-state index contributed by atoms with van der Waals surface area (Å²) in [7, 11) is -3.91. The molecular weight excluding hydrogens is 530 g/mol. The Labute approximate surface area is 236 Å². The average molecular weight is 568 g/mol. The van der Waals surface area contributed by atoms with Crippen molar-refractivity contribution in [2.75, 3.05) is 6.26 Å². The first-order valence-corrected chi connectivity index (χ1v) is 14.6. The lowest BCUT2D eigenvalue weighted by Crippen LogP contribution is -2.42. The summed E-state index contributed by atoms with van der Waals surface area (Å²) in [6, 6.07) is 14.5. The maximum atomic E-state index is 13.3. The zero-order valence-electron chi connectivity index (χ0n) is 24.2. The lowest BCUT2D eigenvalue weighted by Gasteiger charge is -2.33. The summed E-state index contributed by atoms with van der Waals surface area (Å²) in [5.41, 5.74) is 10.1. The summed E-state index contributed by atoms with van der Waals surface area (Å²) in [4.78, 5) is 26.4. The minimum atomic E-state index is -3.91. The van der Waals surface area contributed by atoms with Crippen molar-refractivity contribution in [3.8, 4) is 11.5 Å². The average Bonchev–Trinajstić information content (AvgIpc) is 2.84. The highest BCUT2D eigenvalue weighted by Crippen LogP contribution is 2.38. The van der Waals surface area contributed by atoms with Crippen LogP contribution in [0.1, 0.15) is 75.4 Å². The van der Waals surface area contributed by atoms with Gasteiger partial charge in [-0.15, -0.1) is 0 Å². The van der Waals surface area contributed by atoms with E-state index < -0.39 is 39.6 Å². The molecule has 9 heteroatoms. The van der Waals surface area contributed by atoms with Crippen LogP contribution < -0.4 is 15.2 Å². The van der Waals surface area contributed by atoms with Crippen LogP contribution >= 0.6 is 0 Å². The normalized spacial score (nSPS) is 13.4. The quantitative estimate of drug-likeness (QED) is 0.207. The first-order valence-electron chi connectivity index (χ1n) is 12.8. The molecule has 3 aromatic carbocycles. The van der Waals surface area contributed by atoms with E-state index in [9.17, 15) is 18.0 Å². The maximum absolute atomic E-state index is 13.3. The fourth-order valence-electron chi connectivity index (χ4n) is 4.05. The third-order valence-electron chi connectivity index (χ3n) is 6.53. The van der Waals surface area contributed by atoms with Crippen molar-refractivity contribution in [2.24, 2.45) is 11.1 Å². The minimum absolute atomic E-state index is 0.0178. The molecule has 0 aliphatic carbocycles. The molecule has 8 nitrogen and oxygen atoms in total. The molecule has 0 amide bonds. The Morgan fingerprint density at radius 2 is 1.23 bits per heavy atom. The highest BCUT2D eigenvalue weighted by atomic mass is 32.2. The number of ether oxygens (including phenoxy) is 2. The molecule has 0 fully saturated rings.